The Morgan fingerprint density at radius 2 is 1.67 bits per heavy atom. The van der Waals surface area contributed by atoms with Gasteiger partial charge < -0.3 is 4.74 Å². The first-order valence-electron chi connectivity index (χ1n) is 5.77. The second kappa shape index (κ2) is 6.19. The number of halogens is 1. The van der Waals surface area contributed by atoms with Gasteiger partial charge >= 0.3 is 5.69 Å². The molecule has 21 heavy (non-hydrogen) atoms. The van der Waals surface area contributed by atoms with E-state index in [1.165, 1.54) is 36.4 Å². The van der Waals surface area contributed by atoms with E-state index in [1.807, 2.05) is 0 Å². The number of nitrogens with zero attached hydrogens (tertiary/aromatic N) is 2. The number of rotatable bonds is 5. The van der Waals surface area contributed by atoms with Gasteiger partial charge in [0.1, 0.15) is 5.75 Å². The van der Waals surface area contributed by atoms with Crippen LogP contribution >= 0.6 is 11.6 Å². The largest absolute Gasteiger partial charge is 0.450 e. The summed E-state index contributed by atoms with van der Waals surface area (Å²) in [6.45, 7) is 0. The zero-order valence-electron chi connectivity index (χ0n) is 10.6. The summed E-state index contributed by atoms with van der Waals surface area (Å²) >= 11 is 5.66. The van der Waals surface area contributed by atoms with Crippen LogP contribution in [0.1, 0.15) is 5.56 Å². The number of nitro benzene ring substituents is 2. The predicted molar refractivity (Wildman–Crippen MR) is 75.8 cm³/mol. The van der Waals surface area contributed by atoms with Crippen LogP contribution in [0.25, 0.3) is 0 Å². The highest BCUT2D eigenvalue weighted by molar-refractivity contribution is 6.17. The molecule has 0 heterocycles. The Bertz CT molecular complexity index is 705. The molecule has 0 aromatic heterocycles. The molecular formula is C13H9ClN2O5. The molecule has 0 aliphatic rings. The van der Waals surface area contributed by atoms with Gasteiger partial charge in [0.05, 0.1) is 15.7 Å². The number of hydrogen-bond donors (Lipinski definition) is 0. The molecule has 0 aliphatic carbocycles. The van der Waals surface area contributed by atoms with Crippen molar-refractivity contribution in [1.82, 2.24) is 0 Å². The Kier molecular flexibility index (Phi) is 4.34. The molecule has 2 aromatic carbocycles. The van der Waals surface area contributed by atoms with Crippen LogP contribution in [0, 0.1) is 20.2 Å². The number of hydrogen-bond acceptors (Lipinski definition) is 5. The minimum Gasteiger partial charge on any atom is -0.450 e. The maximum Gasteiger partial charge on any atom is 0.311 e. The van der Waals surface area contributed by atoms with Crippen molar-refractivity contribution < 1.29 is 14.6 Å². The van der Waals surface area contributed by atoms with E-state index in [4.69, 9.17) is 16.3 Å². The van der Waals surface area contributed by atoms with Gasteiger partial charge in [0.2, 0.25) is 5.75 Å². The maximum absolute atomic E-state index is 10.9. The second-order valence-corrected chi connectivity index (χ2v) is 4.28. The second-order valence-electron chi connectivity index (χ2n) is 4.01. The molecule has 0 saturated carbocycles. The van der Waals surface area contributed by atoms with Crippen LogP contribution in [0.15, 0.2) is 42.5 Å². The molecule has 2 rings (SSSR count). The highest BCUT2D eigenvalue weighted by Crippen LogP contribution is 2.33. The number of ether oxygens (including phenoxy) is 1. The lowest BCUT2D eigenvalue weighted by Crippen LogP contribution is -1.96. The molecule has 0 unspecified atom stereocenters. The Balaban J connectivity index is 2.37. The van der Waals surface area contributed by atoms with Crippen LogP contribution in [0.2, 0.25) is 0 Å². The smallest absolute Gasteiger partial charge is 0.311 e. The SMILES string of the molecule is O=[N+]([O-])c1ccc(Oc2ccccc2[N+](=O)[O-])cc1CCl. The van der Waals surface area contributed by atoms with Crippen LogP contribution in [0.4, 0.5) is 11.4 Å². The first-order valence-corrected chi connectivity index (χ1v) is 6.31. The molecule has 0 bridgehead atoms. The molecule has 0 atom stereocenters. The van der Waals surface area contributed by atoms with Crippen molar-refractivity contribution in [2.75, 3.05) is 0 Å². The van der Waals surface area contributed by atoms with Crippen LogP contribution in [-0.4, -0.2) is 9.85 Å². The Morgan fingerprint density at radius 1 is 1.00 bits per heavy atom. The maximum atomic E-state index is 10.9. The van der Waals surface area contributed by atoms with Crippen molar-refractivity contribution in [2.45, 2.75) is 5.88 Å². The Labute approximate surface area is 124 Å². The minimum atomic E-state index is -0.566. The third-order valence-corrected chi connectivity index (χ3v) is 2.97. The van der Waals surface area contributed by atoms with Crippen LogP contribution < -0.4 is 4.74 Å². The van der Waals surface area contributed by atoms with Gasteiger partial charge in [-0.1, -0.05) is 12.1 Å². The van der Waals surface area contributed by atoms with Gasteiger partial charge in [-0.15, -0.1) is 11.6 Å². The molecule has 0 radical (unpaired) electrons. The van der Waals surface area contributed by atoms with Crippen molar-refractivity contribution >= 4 is 23.0 Å². The number of benzene rings is 2. The van der Waals surface area contributed by atoms with Gasteiger partial charge in [0.25, 0.3) is 5.69 Å². The summed E-state index contributed by atoms with van der Waals surface area (Å²) in [7, 11) is 0. The number of alkyl halides is 1. The van der Waals surface area contributed by atoms with Gasteiger partial charge in [0.15, 0.2) is 0 Å². The van der Waals surface area contributed by atoms with Gasteiger partial charge in [-0.05, 0) is 18.2 Å². The van der Waals surface area contributed by atoms with Crippen LogP contribution in [0.5, 0.6) is 11.5 Å². The molecule has 0 aliphatic heterocycles. The lowest BCUT2D eigenvalue weighted by molar-refractivity contribution is -0.385. The summed E-state index contributed by atoms with van der Waals surface area (Å²) in [4.78, 5) is 20.6. The zero-order chi connectivity index (χ0) is 15.4. The van der Waals surface area contributed by atoms with E-state index in [9.17, 15) is 20.2 Å². The van der Waals surface area contributed by atoms with Gasteiger partial charge in [-0.2, -0.15) is 0 Å². The Morgan fingerprint density at radius 3 is 2.29 bits per heavy atom. The lowest BCUT2D eigenvalue weighted by Gasteiger charge is -2.07. The summed E-state index contributed by atoms with van der Waals surface area (Å²) in [5.41, 5.74) is -0.0408. The van der Waals surface area contributed by atoms with E-state index in [1.54, 1.807) is 6.07 Å². The fraction of sp³-hybridized carbons (Fsp3) is 0.0769. The van der Waals surface area contributed by atoms with Crippen molar-refractivity contribution in [3.05, 3.63) is 68.3 Å². The quantitative estimate of drug-likeness (QED) is 0.472. The third-order valence-electron chi connectivity index (χ3n) is 2.68. The predicted octanol–water partition coefficient (Wildman–Crippen LogP) is 4.03. The van der Waals surface area contributed by atoms with Gasteiger partial charge in [0, 0.05) is 17.7 Å². The standard InChI is InChI=1S/C13H9ClN2O5/c14-8-9-7-10(5-6-11(9)15(17)18)21-13-4-2-1-3-12(13)16(19)20/h1-7H,8H2. The van der Waals surface area contributed by atoms with Gasteiger partial charge in [-0.3, -0.25) is 20.2 Å². The molecule has 108 valence electrons. The van der Waals surface area contributed by atoms with Gasteiger partial charge in [-0.25, -0.2) is 0 Å². The Hall–Kier alpha value is -2.67. The zero-order valence-corrected chi connectivity index (χ0v) is 11.3. The highest BCUT2D eigenvalue weighted by atomic mass is 35.5. The summed E-state index contributed by atoms with van der Waals surface area (Å²) in [5, 5.41) is 21.7. The normalized spacial score (nSPS) is 10.1. The minimum absolute atomic E-state index is 0.0527. The molecule has 8 heteroatoms. The average Bonchev–Trinajstić information content (AvgIpc) is 2.47. The summed E-state index contributed by atoms with van der Waals surface area (Å²) < 4.78 is 5.43. The first-order chi connectivity index (χ1) is 10.0. The molecular weight excluding hydrogens is 300 g/mol. The van der Waals surface area contributed by atoms with E-state index in [2.05, 4.69) is 0 Å². The molecule has 7 nitrogen and oxygen atoms in total. The monoisotopic (exact) mass is 308 g/mol. The summed E-state index contributed by atoms with van der Waals surface area (Å²) in [6.07, 6.45) is 0. The first kappa shape index (κ1) is 14.7. The highest BCUT2D eigenvalue weighted by Gasteiger charge is 2.17. The number of nitro groups is 2. The molecule has 0 spiro atoms. The summed E-state index contributed by atoms with van der Waals surface area (Å²) in [6, 6.07) is 9.87. The molecule has 0 amide bonds. The van der Waals surface area contributed by atoms with Crippen molar-refractivity contribution in [2.24, 2.45) is 0 Å². The molecule has 0 N–H and O–H groups in total. The fourth-order valence-corrected chi connectivity index (χ4v) is 1.95. The lowest BCUT2D eigenvalue weighted by atomic mass is 10.2. The summed E-state index contributed by atoms with van der Waals surface area (Å²) in [5.74, 6) is 0.229. The van der Waals surface area contributed by atoms with E-state index in [0.29, 0.717) is 0 Å². The van der Waals surface area contributed by atoms with Crippen molar-refractivity contribution in [3.8, 4) is 11.5 Å². The van der Waals surface area contributed by atoms with E-state index < -0.39 is 9.85 Å². The van der Waals surface area contributed by atoms with E-state index in [0.717, 1.165) is 0 Å². The molecule has 0 fully saturated rings. The van der Waals surface area contributed by atoms with Crippen molar-refractivity contribution in [1.29, 1.82) is 0 Å². The topological polar surface area (TPSA) is 95.5 Å². The van der Waals surface area contributed by atoms with E-state index in [-0.39, 0.29) is 34.3 Å². The fourth-order valence-electron chi connectivity index (χ4n) is 1.73. The molecule has 0 saturated heterocycles. The van der Waals surface area contributed by atoms with E-state index >= 15 is 0 Å². The third kappa shape index (κ3) is 3.26. The molecule has 2 aromatic rings. The van der Waals surface area contributed by atoms with Crippen LogP contribution in [0.3, 0.4) is 0 Å². The number of para-hydroxylation sites is 2. The van der Waals surface area contributed by atoms with Crippen molar-refractivity contribution in [3.63, 3.8) is 0 Å². The average molecular weight is 309 g/mol. The van der Waals surface area contributed by atoms with Crippen LogP contribution in [-0.2, 0) is 5.88 Å².